The summed E-state index contributed by atoms with van der Waals surface area (Å²) >= 11 is 0. The summed E-state index contributed by atoms with van der Waals surface area (Å²) in [5.74, 6) is 0.707. The lowest BCUT2D eigenvalue weighted by atomic mass is 10.0. The maximum absolute atomic E-state index is 13.1. The summed E-state index contributed by atoms with van der Waals surface area (Å²) in [4.78, 5) is 16.5. The predicted molar refractivity (Wildman–Crippen MR) is 95.8 cm³/mol. The molecule has 25 heavy (non-hydrogen) atoms. The van der Waals surface area contributed by atoms with Crippen LogP contribution < -0.4 is 5.32 Å². The molecule has 134 valence electrons. The lowest BCUT2D eigenvalue weighted by Crippen LogP contribution is -2.50. The molecule has 2 unspecified atom stereocenters. The van der Waals surface area contributed by atoms with E-state index in [1.54, 1.807) is 0 Å². The van der Waals surface area contributed by atoms with E-state index in [9.17, 15) is 4.79 Å². The molecule has 0 spiro atoms. The van der Waals surface area contributed by atoms with Crippen molar-refractivity contribution in [1.82, 2.24) is 30.4 Å². The molecule has 3 rings (SSSR count). The molecule has 1 aromatic carbocycles. The van der Waals surface area contributed by atoms with E-state index in [0.29, 0.717) is 11.9 Å². The van der Waals surface area contributed by atoms with Crippen molar-refractivity contribution in [2.45, 2.75) is 38.8 Å². The number of tetrazole rings is 1. The number of piperidine rings is 1. The lowest BCUT2D eigenvalue weighted by Gasteiger charge is -2.35. The fourth-order valence-electron chi connectivity index (χ4n) is 3.30. The minimum Gasteiger partial charge on any atom is -0.339 e. The van der Waals surface area contributed by atoms with E-state index >= 15 is 0 Å². The Bertz CT molecular complexity index is 699. The zero-order chi connectivity index (χ0) is 17.8. The van der Waals surface area contributed by atoms with Crippen LogP contribution in [0.25, 0.3) is 11.4 Å². The maximum Gasteiger partial charge on any atom is 0.249 e. The van der Waals surface area contributed by atoms with E-state index in [4.69, 9.17) is 0 Å². The van der Waals surface area contributed by atoms with Gasteiger partial charge in [0, 0.05) is 24.7 Å². The van der Waals surface area contributed by atoms with Crippen molar-refractivity contribution in [3.8, 4) is 11.4 Å². The first-order valence-corrected chi connectivity index (χ1v) is 8.91. The minimum atomic E-state index is -0.430. The van der Waals surface area contributed by atoms with Crippen LogP contribution >= 0.6 is 0 Å². The second kappa shape index (κ2) is 7.74. The zero-order valence-electron chi connectivity index (χ0n) is 15.1. The van der Waals surface area contributed by atoms with Gasteiger partial charge in [-0.2, -0.15) is 4.80 Å². The average Bonchev–Trinajstić information content (AvgIpc) is 3.12. The van der Waals surface area contributed by atoms with E-state index in [-0.39, 0.29) is 11.8 Å². The van der Waals surface area contributed by atoms with Gasteiger partial charge in [0.2, 0.25) is 11.7 Å². The molecule has 0 saturated carbocycles. The number of likely N-dealkylation sites (tertiary alicyclic amines) is 1. The molecule has 1 amide bonds. The first-order valence-electron chi connectivity index (χ1n) is 8.91. The molecule has 1 fully saturated rings. The number of benzene rings is 1. The van der Waals surface area contributed by atoms with Crippen molar-refractivity contribution >= 4 is 5.91 Å². The van der Waals surface area contributed by atoms with Crippen LogP contribution in [0.15, 0.2) is 30.3 Å². The molecule has 2 aromatic rings. The summed E-state index contributed by atoms with van der Waals surface area (Å²) < 4.78 is 0. The smallest absolute Gasteiger partial charge is 0.249 e. The van der Waals surface area contributed by atoms with Gasteiger partial charge >= 0.3 is 0 Å². The molecular formula is C18H26N6O. The Labute approximate surface area is 148 Å². The fraction of sp³-hybridized carbons (Fsp3) is 0.556. The van der Waals surface area contributed by atoms with Crippen LogP contribution in [-0.2, 0) is 4.79 Å². The number of likely N-dealkylation sites (N-methyl/N-ethyl adjacent to an activating group) is 1. The molecule has 1 aromatic heterocycles. The Balaban J connectivity index is 1.82. The van der Waals surface area contributed by atoms with Gasteiger partial charge in [0.05, 0.1) is 0 Å². The minimum absolute atomic E-state index is 0.0759. The third-order valence-corrected chi connectivity index (χ3v) is 4.73. The number of nitrogens with zero attached hydrogens (tertiary/aromatic N) is 5. The van der Waals surface area contributed by atoms with Crippen LogP contribution in [0, 0.1) is 5.92 Å². The summed E-state index contributed by atoms with van der Waals surface area (Å²) in [5, 5.41) is 16.1. The largest absolute Gasteiger partial charge is 0.339 e. The van der Waals surface area contributed by atoms with Crippen molar-refractivity contribution in [1.29, 1.82) is 0 Å². The number of carbonyl (C=O) groups excluding carboxylic acids is 1. The number of hydrogen-bond donors (Lipinski definition) is 1. The van der Waals surface area contributed by atoms with E-state index in [0.717, 1.165) is 31.5 Å². The summed E-state index contributed by atoms with van der Waals surface area (Å²) in [6, 6.07) is 9.63. The Morgan fingerprint density at radius 3 is 2.72 bits per heavy atom. The van der Waals surface area contributed by atoms with Gasteiger partial charge in [0.25, 0.3) is 0 Å². The van der Waals surface area contributed by atoms with Crippen LogP contribution in [0.4, 0.5) is 0 Å². The Hall–Kier alpha value is -2.28. The van der Waals surface area contributed by atoms with Gasteiger partial charge in [0.15, 0.2) is 6.04 Å². The second-order valence-corrected chi connectivity index (χ2v) is 6.90. The summed E-state index contributed by atoms with van der Waals surface area (Å²) in [7, 11) is 1.95. The second-order valence-electron chi connectivity index (χ2n) is 6.90. The molecule has 7 heteroatoms. The van der Waals surface area contributed by atoms with Crippen LogP contribution in [-0.4, -0.2) is 57.2 Å². The Kier molecular flexibility index (Phi) is 5.43. The van der Waals surface area contributed by atoms with Crippen molar-refractivity contribution in [3.05, 3.63) is 30.3 Å². The lowest BCUT2D eigenvalue weighted by molar-refractivity contribution is -0.138. The number of rotatable bonds is 5. The average molecular weight is 342 g/mol. The first-order chi connectivity index (χ1) is 12.1. The number of amides is 1. The number of aromatic nitrogens is 4. The van der Waals surface area contributed by atoms with Gasteiger partial charge < -0.3 is 10.2 Å². The number of hydrogen-bond acceptors (Lipinski definition) is 5. The highest BCUT2D eigenvalue weighted by molar-refractivity contribution is 5.80. The molecule has 0 aliphatic carbocycles. The van der Waals surface area contributed by atoms with Gasteiger partial charge in [0.1, 0.15) is 0 Å². The predicted octanol–water partition coefficient (Wildman–Crippen LogP) is 1.75. The van der Waals surface area contributed by atoms with Crippen molar-refractivity contribution in [3.63, 3.8) is 0 Å². The third kappa shape index (κ3) is 3.87. The Morgan fingerprint density at radius 2 is 2.04 bits per heavy atom. The summed E-state index contributed by atoms with van der Waals surface area (Å²) in [5.41, 5.74) is 0.900. The van der Waals surface area contributed by atoms with Gasteiger partial charge in [-0.25, -0.2) is 0 Å². The zero-order valence-corrected chi connectivity index (χ0v) is 15.1. The SMILES string of the molecule is CNC1CCCN(C(=O)C(C(C)C)n2nnc(-c3ccccc3)n2)C1. The molecule has 0 radical (unpaired) electrons. The molecule has 1 aliphatic heterocycles. The molecular weight excluding hydrogens is 316 g/mol. The topological polar surface area (TPSA) is 75.9 Å². The summed E-state index contributed by atoms with van der Waals surface area (Å²) in [6.07, 6.45) is 2.12. The maximum atomic E-state index is 13.1. The molecule has 2 atom stereocenters. The first kappa shape index (κ1) is 17.5. The van der Waals surface area contributed by atoms with E-state index in [1.807, 2.05) is 56.1 Å². The molecule has 1 saturated heterocycles. The van der Waals surface area contributed by atoms with E-state index in [2.05, 4.69) is 20.7 Å². The van der Waals surface area contributed by atoms with Gasteiger partial charge in [-0.3, -0.25) is 4.79 Å². The van der Waals surface area contributed by atoms with Gasteiger partial charge in [-0.05, 0) is 31.0 Å². The highest BCUT2D eigenvalue weighted by Crippen LogP contribution is 2.23. The van der Waals surface area contributed by atoms with Gasteiger partial charge in [-0.1, -0.05) is 44.2 Å². The van der Waals surface area contributed by atoms with Crippen molar-refractivity contribution < 1.29 is 4.79 Å². The number of nitrogens with one attached hydrogen (secondary N) is 1. The fourth-order valence-corrected chi connectivity index (χ4v) is 3.30. The van der Waals surface area contributed by atoms with Crippen LogP contribution in [0.2, 0.25) is 0 Å². The van der Waals surface area contributed by atoms with Crippen molar-refractivity contribution in [2.75, 3.05) is 20.1 Å². The Morgan fingerprint density at radius 1 is 1.28 bits per heavy atom. The highest BCUT2D eigenvalue weighted by atomic mass is 16.2. The molecule has 1 aliphatic rings. The normalized spacial score (nSPS) is 19.2. The third-order valence-electron chi connectivity index (χ3n) is 4.73. The van der Waals surface area contributed by atoms with Crippen LogP contribution in [0.1, 0.15) is 32.7 Å². The monoisotopic (exact) mass is 342 g/mol. The summed E-state index contributed by atoms with van der Waals surface area (Å²) in [6.45, 7) is 5.57. The molecule has 2 heterocycles. The highest BCUT2D eigenvalue weighted by Gasteiger charge is 2.33. The van der Waals surface area contributed by atoms with Gasteiger partial charge in [-0.15, -0.1) is 10.2 Å². The van der Waals surface area contributed by atoms with Crippen LogP contribution in [0.5, 0.6) is 0 Å². The standard InChI is InChI=1S/C18H26N6O/c1-13(2)16(18(25)23-11-7-10-15(12-23)19-3)24-21-17(20-22-24)14-8-5-4-6-9-14/h4-6,8-9,13,15-16,19H,7,10-12H2,1-3H3. The van der Waals surface area contributed by atoms with Crippen LogP contribution in [0.3, 0.4) is 0 Å². The molecule has 0 bridgehead atoms. The quantitative estimate of drug-likeness (QED) is 0.896. The molecule has 7 nitrogen and oxygen atoms in total. The number of carbonyl (C=O) groups is 1. The van der Waals surface area contributed by atoms with Crippen molar-refractivity contribution in [2.24, 2.45) is 5.92 Å². The van der Waals surface area contributed by atoms with E-state index in [1.165, 1.54) is 4.80 Å². The molecule has 1 N–H and O–H groups in total. The van der Waals surface area contributed by atoms with E-state index < -0.39 is 6.04 Å².